The van der Waals surface area contributed by atoms with Crippen molar-refractivity contribution < 1.29 is 14.6 Å². The fourth-order valence-electron chi connectivity index (χ4n) is 1.51. The summed E-state index contributed by atoms with van der Waals surface area (Å²) in [5.41, 5.74) is 0.576. The highest BCUT2D eigenvalue weighted by Gasteiger charge is 2.19. The third-order valence-electron chi connectivity index (χ3n) is 2.60. The van der Waals surface area contributed by atoms with Crippen LogP contribution in [0.2, 0.25) is 0 Å². The molecule has 0 radical (unpaired) electrons. The molecule has 1 aromatic carbocycles. The first-order chi connectivity index (χ1) is 8.49. The summed E-state index contributed by atoms with van der Waals surface area (Å²) >= 11 is 0. The van der Waals surface area contributed by atoms with Crippen molar-refractivity contribution in [2.24, 2.45) is 0 Å². The largest absolute Gasteiger partial charge is 0.467 e. The van der Waals surface area contributed by atoms with Crippen molar-refractivity contribution in [1.82, 2.24) is 0 Å². The van der Waals surface area contributed by atoms with Crippen molar-refractivity contribution in [2.45, 2.75) is 26.9 Å². The number of nitrogens with zero attached hydrogens (tertiary/aromatic N) is 1. The van der Waals surface area contributed by atoms with E-state index in [9.17, 15) is 15.2 Å². The highest BCUT2D eigenvalue weighted by atomic mass is 31.1. The van der Waals surface area contributed by atoms with Gasteiger partial charge in [-0.1, -0.05) is 13.8 Å². The molecule has 1 atom stereocenters. The first kappa shape index (κ1) is 14.9. The predicted molar refractivity (Wildman–Crippen MR) is 72.4 cm³/mol. The van der Waals surface area contributed by atoms with Gasteiger partial charge in [0.15, 0.2) is 0 Å². The summed E-state index contributed by atoms with van der Waals surface area (Å²) in [7, 11) is -0.691. The molecule has 0 fully saturated rings. The van der Waals surface area contributed by atoms with E-state index >= 15 is 0 Å². The summed E-state index contributed by atoms with van der Waals surface area (Å²) in [5, 5.41) is 20.4. The second-order valence-corrected chi connectivity index (χ2v) is 6.28. The lowest BCUT2D eigenvalue weighted by molar-refractivity contribution is -0.385. The summed E-state index contributed by atoms with van der Waals surface area (Å²) < 4.78 is 5.71. The van der Waals surface area contributed by atoms with Crippen LogP contribution < -0.4 is 4.52 Å². The topological polar surface area (TPSA) is 72.6 Å². The summed E-state index contributed by atoms with van der Waals surface area (Å²) in [6.45, 7) is 5.62. The van der Waals surface area contributed by atoms with E-state index in [-0.39, 0.29) is 11.4 Å². The maximum Gasteiger partial charge on any atom is 0.311 e. The molecule has 0 saturated heterocycles. The molecule has 1 unspecified atom stereocenters. The molecule has 6 heteroatoms. The number of rotatable bonds is 6. The fraction of sp³-hybridized carbons (Fsp3) is 0.500. The van der Waals surface area contributed by atoms with Gasteiger partial charge in [0.05, 0.1) is 19.2 Å². The molecule has 0 bridgehead atoms. The van der Waals surface area contributed by atoms with Crippen LogP contribution in [0.4, 0.5) is 5.69 Å². The molecule has 0 aliphatic rings. The van der Waals surface area contributed by atoms with Gasteiger partial charge in [-0.2, -0.15) is 0 Å². The minimum atomic E-state index is -0.691. The van der Waals surface area contributed by atoms with Gasteiger partial charge < -0.3 is 9.63 Å². The summed E-state index contributed by atoms with van der Waals surface area (Å²) in [6, 6.07) is 4.50. The quantitative estimate of drug-likeness (QED) is 0.488. The number of hydrogen-bond acceptors (Lipinski definition) is 4. The van der Waals surface area contributed by atoms with Gasteiger partial charge in [-0.15, -0.1) is 0 Å². The number of aliphatic hydroxyl groups excluding tert-OH is 1. The van der Waals surface area contributed by atoms with Gasteiger partial charge in [0.2, 0.25) is 5.75 Å². The van der Waals surface area contributed by atoms with Gasteiger partial charge in [0.1, 0.15) is 0 Å². The van der Waals surface area contributed by atoms with Crippen LogP contribution in [0.5, 0.6) is 5.75 Å². The summed E-state index contributed by atoms with van der Waals surface area (Å²) in [6.07, 6.45) is 1.03. The van der Waals surface area contributed by atoms with Crippen molar-refractivity contribution in [3.05, 3.63) is 33.9 Å². The Balaban J connectivity index is 3.10. The zero-order valence-electron chi connectivity index (χ0n) is 10.8. The Kier molecular flexibility index (Phi) is 5.51. The first-order valence-corrected chi connectivity index (χ1v) is 7.51. The average Bonchev–Trinajstić information content (AvgIpc) is 2.35. The Morgan fingerprint density at radius 2 is 2.06 bits per heavy atom. The molecule has 1 aromatic rings. The van der Waals surface area contributed by atoms with Crippen molar-refractivity contribution in [3.8, 4) is 5.75 Å². The summed E-state index contributed by atoms with van der Waals surface area (Å²) in [4.78, 5) is 10.5. The molecule has 1 N–H and O–H groups in total. The first-order valence-electron chi connectivity index (χ1n) is 5.88. The van der Waals surface area contributed by atoms with E-state index in [4.69, 9.17) is 4.52 Å². The molecule has 0 saturated carbocycles. The van der Waals surface area contributed by atoms with Crippen LogP contribution in [0, 0.1) is 10.1 Å². The lowest BCUT2D eigenvalue weighted by Gasteiger charge is -2.16. The van der Waals surface area contributed by atoms with Crippen LogP contribution in [-0.4, -0.2) is 22.4 Å². The molecule has 18 heavy (non-hydrogen) atoms. The molecule has 0 aliphatic heterocycles. The van der Waals surface area contributed by atoms with Crippen molar-refractivity contribution in [3.63, 3.8) is 0 Å². The molecule has 0 amide bonds. The fourth-order valence-corrected chi connectivity index (χ4v) is 2.64. The van der Waals surface area contributed by atoms with Gasteiger partial charge in [-0.3, -0.25) is 10.1 Å². The zero-order chi connectivity index (χ0) is 13.7. The number of benzene rings is 1. The van der Waals surface area contributed by atoms with Crippen molar-refractivity contribution in [1.29, 1.82) is 0 Å². The monoisotopic (exact) mass is 271 g/mol. The minimum Gasteiger partial charge on any atom is -0.467 e. The second-order valence-electron chi connectivity index (χ2n) is 3.87. The molecular formula is C12H18NO4P. The van der Waals surface area contributed by atoms with E-state index in [1.807, 2.05) is 13.8 Å². The van der Waals surface area contributed by atoms with Gasteiger partial charge in [0.25, 0.3) is 0 Å². The van der Waals surface area contributed by atoms with E-state index in [0.717, 1.165) is 12.3 Å². The average molecular weight is 271 g/mol. The van der Waals surface area contributed by atoms with E-state index in [1.165, 1.54) is 6.07 Å². The van der Waals surface area contributed by atoms with E-state index in [1.54, 1.807) is 19.1 Å². The van der Waals surface area contributed by atoms with E-state index in [0.29, 0.717) is 5.56 Å². The Hall–Kier alpha value is -1.19. The third-order valence-corrected chi connectivity index (χ3v) is 4.46. The van der Waals surface area contributed by atoms with Gasteiger partial charge in [0, 0.05) is 18.4 Å². The molecule has 0 spiro atoms. The number of nitro groups is 1. The number of hydrogen-bond donors (Lipinski definition) is 1. The maximum absolute atomic E-state index is 10.9. The number of aliphatic hydroxyl groups is 1. The van der Waals surface area contributed by atoms with Crippen LogP contribution in [-0.2, 0) is 0 Å². The number of nitro benzene ring substituents is 1. The molecule has 1 rings (SSSR count). The van der Waals surface area contributed by atoms with E-state index in [2.05, 4.69) is 0 Å². The third kappa shape index (κ3) is 3.65. The predicted octanol–water partition coefficient (Wildman–Crippen LogP) is 3.46. The standard InChI is InChI=1S/C12H18NO4P/c1-4-18(5-2)17-12-8-10(9(3)14)6-7-11(12)13(15)16/h6-9,14H,4-5H2,1-3H3. The maximum atomic E-state index is 10.9. The Morgan fingerprint density at radius 1 is 1.44 bits per heavy atom. The second kappa shape index (κ2) is 6.66. The van der Waals surface area contributed by atoms with Gasteiger partial charge in [-0.05, 0) is 24.6 Å². The Bertz CT molecular complexity index is 419. The van der Waals surface area contributed by atoms with Gasteiger partial charge in [-0.25, -0.2) is 0 Å². The highest BCUT2D eigenvalue weighted by molar-refractivity contribution is 7.52. The van der Waals surface area contributed by atoms with Gasteiger partial charge >= 0.3 is 5.69 Å². The Labute approximate surface area is 108 Å². The van der Waals surface area contributed by atoms with Crippen molar-refractivity contribution >= 4 is 13.8 Å². The molecule has 100 valence electrons. The van der Waals surface area contributed by atoms with Crippen LogP contribution in [0.1, 0.15) is 32.4 Å². The molecule has 0 aliphatic carbocycles. The lowest BCUT2D eigenvalue weighted by Crippen LogP contribution is -1.99. The smallest absolute Gasteiger partial charge is 0.311 e. The minimum absolute atomic E-state index is 0.0474. The zero-order valence-corrected chi connectivity index (χ0v) is 11.7. The molecule has 0 heterocycles. The highest BCUT2D eigenvalue weighted by Crippen LogP contribution is 2.42. The van der Waals surface area contributed by atoms with Crippen molar-refractivity contribution in [2.75, 3.05) is 12.3 Å². The Morgan fingerprint density at radius 3 is 2.50 bits per heavy atom. The van der Waals surface area contributed by atoms with Crippen LogP contribution in [0.15, 0.2) is 18.2 Å². The molecular weight excluding hydrogens is 253 g/mol. The normalized spacial score (nSPS) is 12.5. The summed E-state index contributed by atoms with van der Waals surface area (Å²) in [5.74, 6) is 0.258. The molecule has 0 aromatic heterocycles. The van der Waals surface area contributed by atoms with Crippen LogP contribution in [0.3, 0.4) is 0 Å². The van der Waals surface area contributed by atoms with E-state index < -0.39 is 19.2 Å². The SMILES string of the molecule is CCP(CC)Oc1cc(C(C)O)ccc1[N+](=O)[O-]. The van der Waals surface area contributed by atoms with Crippen LogP contribution in [0.25, 0.3) is 0 Å². The lowest BCUT2D eigenvalue weighted by atomic mass is 10.1. The van der Waals surface area contributed by atoms with Crippen LogP contribution >= 0.6 is 8.15 Å². The molecule has 5 nitrogen and oxygen atoms in total.